The molecule has 0 saturated carbocycles. The van der Waals surface area contributed by atoms with Crippen molar-refractivity contribution in [1.29, 1.82) is 0 Å². The minimum Gasteiger partial charge on any atom is -0.851 e. The van der Waals surface area contributed by atoms with Crippen LogP contribution in [0.3, 0.4) is 0 Å². The van der Waals surface area contributed by atoms with Crippen LogP contribution in [-0.2, 0) is 6.61 Å². The summed E-state index contributed by atoms with van der Waals surface area (Å²) in [6.45, 7) is -0.255. The molecule has 23 heavy (non-hydrogen) atoms. The van der Waals surface area contributed by atoms with E-state index in [-0.39, 0.29) is 25.5 Å². The van der Waals surface area contributed by atoms with Gasteiger partial charge in [-0.05, 0) is 35.9 Å². The van der Waals surface area contributed by atoms with Crippen LogP contribution >= 0.6 is 7.14 Å². The first kappa shape index (κ1) is 18.1. The van der Waals surface area contributed by atoms with Crippen LogP contribution in [0.4, 0.5) is 0 Å². The summed E-state index contributed by atoms with van der Waals surface area (Å²) in [5, 5.41) is 14.8. The number of benzene rings is 3. The van der Waals surface area contributed by atoms with E-state index in [2.05, 4.69) is 24.3 Å². The molecule has 0 bridgehead atoms. The summed E-state index contributed by atoms with van der Waals surface area (Å²) in [7, 11) is 4.73. The monoisotopic (exact) mass is 309 g/mol. The van der Waals surface area contributed by atoms with Gasteiger partial charge in [-0.25, -0.2) is 0 Å². The van der Waals surface area contributed by atoms with Crippen LogP contribution < -0.4 is 39.9 Å². The van der Waals surface area contributed by atoms with Crippen LogP contribution in [0, 0.1) is 0 Å². The van der Waals surface area contributed by atoms with Gasteiger partial charge in [0, 0.05) is 0 Å². The molecule has 0 N–H and O–H groups in total. The molecule has 0 heterocycles. The van der Waals surface area contributed by atoms with E-state index in [4.69, 9.17) is 7.57 Å². The van der Waals surface area contributed by atoms with E-state index in [0.717, 1.165) is 21.5 Å². The molecular formula is C19H16BLiOP+. The van der Waals surface area contributed by atoms with Crippen LogP contribution in [0.25, 0.3) is 0 Å². The third-order valence-corrected chi connectivity index (χ3v) is 7.28. The van der Waals surface area contributed by atoms with Gasteiger partial charge in [0.25, 0.3) is 0 Å². The van der Waals surface area contributed by atoms with E-state index in [1.54, 1.807) is 0 Å². The van der Waals surface area contributed by atoms with Gasteiger partial charge >= 0.3 is 26.4 Å². The molecule has 1 nitrogen and oxygen atoms in total. The van der Waals surface area contributed by atoms with Crippen molar-refractivity contribution in [2.45, 2.75) is 6.61 Å². The van der Waals surface area contributed by atoms with Crippen molar-refractivity contribution in [2.24, 2.45) is 0 Å². The maximum absolute atomic E-state index is 11.6. The molecule has 0 amide bonds. The Morgan fingerprint density at radius 2 is 1.13 bits per heavy atom. The fraction of sp³-hybridized carbons (Fsp3) is 0.0526. The molecule has 0 spiro atoms. The first-order valence-corrected chi connectivity index (χ1v) is 9.08. The first-order valence-electron chi connectivity index (χ1n) is 7.22. The van der Waals surface area contributed by atoms with Crippen LogP contribution in [0.5, 0.6) is 0 Å². The van der Waals surface area contributed by atoms with Crippen LogP contribution in [-0.4, -0.2) is 7.57 Å². The Kier molecular flexibility index (Phi) is 6.28. The number of rotatable bonds is 4. The van der Waals surface area contributed by atoms with Gasteiger partial charge in [-0.1, -0.05) is 54.6 Å². The van der Waals surface area contributed by atoms with Gasteiger partial charge in [0.05, 0.1) is 23.1 Å². The van der Waals surface area contributed by atoms with Crippen molar-refractivity contribution in [3.8, 4) is 0 Å². The third-order valence-electron chi connectivity index (χ3n) is 3.85. The van der Waals surface area contributed by atoms with Gasteiger partial charge < -0.3 is 5.11 Å². The Labute approximate surface area is 151 Å². The summed E-state index contributed by atoms with van der Waals surface area (Å²) in [6, 6.07) is 27.9. The first-order chi connectivity index (χ1) is 10.8. The molecule has 0 saturated heterocycles. The Hall–Kier alpha value is -1.29. The van der Waals surface area contributed by atoms with Gasteiger partial charge in [-0.2, -0.15) is 0 Å². The summed E-state index contributed by atoms with van der Waals surface area (Å²) in [6.07, 6.45) is 0. The smallest absolute Gasteiger partial charge is 0.851 e. The molecule has 3 aromatic carbocycles. The van der Waals surface area contributed by atoms with Crippen molar-refractivity contribution >= 4 is 30.6 Å². The fourth-order valence-electron chi connectivity index (χ4n) is 2.73. The van der Waals surface area contributed by atoms with Crippen molar-refractivity contribution in [3.63, 3.8) is 0 Å². The van der Waals surface area contributed by atoms with Gasteiger partial charge in [-0.3, -0.25) is 0 Å². The fourth-order valence-corrected chi connectivity index (χ4v) is 5.78. The molecule has 0 aliphatic carbocycles. The standard InChI is InChI=1S/C19H16BOP.Li/c20-22(17-10-3-1-4-11-17,18-12-5-2-6-13-18)19-14-8-7-9-16(19)15-21;/h1-14H,15H2;/q;+1. The number of hydrogen-bond acceptors (Lipinski definition) is 1. The second-order valence-corrected chi connectivity index (χ2v) is 8.13. The predicted molar refractivity (Wildman–Crippen MR) is 94.6 cm³/mol. The minimum absolute atomic E-state index is 0. The molecule has 106 valence electrons. The Morgan fingerprint density at radius 3 is 1.61 bits per heavy atom. The van der Waals surface area contributed by atoms with E-state index in [9.17, 15) is 5.11 Å². The molecule has 4 heteroatoms. The molecule has 0 atom stereocenters. The number of hydrogen-bond donors (Lipinski definition) is 0. The maximum Gasteiger partial charge on any atom is 1.00 e. The minimum atomic E-state index is -2.28. The summed E-state index contributed by atoms with van der Waals surface area (Å²) in [5.74, 6) is 0. The average Bonchev–Trinajstić information content (AvgIpc) is 2.62. The van der Waals surface area contributed by atoms with E-state index in [1.807, 2.05) is 60.7 Å². The molecule has 0 unspecified atom stereocenters. The van der Waals surface area contributed by atoms with Gasteiger partial charge in [-0.15, -0.1) is 6.61 Å². The van der Waals surface area contributed by atoms with E-state index < -0.39 is 7.14 Å². The van der Waals surface area contributed by atoms with Crippen molar-refractivity contribution in [1.82, 2.24) is 0 Å². The Morgan fingerprint density at radius 1 is 0.696 bits per heavy atom. The van der Waals surface area contributed by atoms with Gasteiger partial charge in [0.1, 0.15) is 0 Å². The normalized spacial score (nSPS) is 10.8. The zero-order valence-corrected chi connectivity index (χ0v) is 14.1. The van der Waals surface area contributed by atoms with Gasteiger partial charge in [0.2, 0.25) is 0 Å². The summed E-state index contributed by atoms with van der Waals surface area (Å²) in [4.78, 5) is 0. The third kappa shape index (κ3) is 3.47. The Bertz CT molecular complexity index is 710. The molecule has 0 aliphatic rings. The zero-order valence-electron chi connectivity index (χ0n) is 13.2. The van der Waals surface area contributed by atoms with E-state index in [0.29, 0.717) is 0 Å². The quantitative estimate of drug-likeness (QED) is 0.445. The Balaban J connectivity index is 0.00000192. The van der Waals surface area contributed by atoms with Crippen LogP contribution in [0.1, 0.15) is 5.56 Å². The summed E-state index contributed by atoms with van der Waals surface area (Å²) in [5.41, 5.74) is 0.783. The predicted octanol–water partition coefficient (Wildman–Crippen LogP) is -1.07. The second kappa shape index (κ2) is 8.00. The second-order valence-electron chi connectivity index (χ2n) is 5.17. The summed E-state index contributed by atoms with van der Waals surface area (Å²) >= 11 is 0. The van der Waals surface area contributed by atoms with Crippen LogP contribution in [0.15, 0.2) is 84.9 Å². The maximum atomic E-state index is 11.6. The molecular weight excluding hydrogens is 293 g/mol. The molecule has 0 aromatic heterocycles. The summed E-state index contributed by atoms with van der Waals surface area (Å²) < 4.78 is 0. The molecule has 0 fully saturated rings. The molecule has 2 radical (unpaired) electrons. The zero-order chi connectivity index (χ0) is 15.4. The average molecular weight is 309 g/mol. The topological polar surface area (TPSA) is 23.1 Å². The molecule has 0 aliphatic heterocycles. The van der Waals surface area contributed by atoms with E-state index in [1.165, 1.54) is 0 Å². The molecule has 3 aromatic rings. The van der Waals surface area contributed by atoms with Crippen molar-refractivity contribution in [2.75, 3.05) is 0 Å². The SMILES string of the molecule is [B][P+](c1ccccc1)(c1ccccc1)c1ccccc1C[O-].[Li+]. The van der Waals surface area contributed by atoms with Gasteiger partial charge in [0.15, 0.2) is 0 Å². The van der Waals surface area contributed by atoms with Crippen molar-refractivity contribution < 1.29 is 24.0 Å². The van der Waals surface area contributed by atoms with E-state index >= 15 is 0 Å². The van der Waals surface area contributed by atoms with Crippen LogP contribution in [0.2, 0.25) is 0 Å². The van der Waals surface area contributed by atoms with Crippen molar-refractivity contribution in [3.05, 3.63) is 90.5 Å². The largest absolute Gasteiger partial charge is 1.00 e. The molecule has 3 rings (SSSR count).